The number of anilines is 1. The van der Waals surface area contributed by atoms with Gasteiger partial charge in [-0.05, 0) is 31.4 Å². The molecule has 5 heteroatoms. The molecule has 5 nitrogen and oxygen atoms in total. The molecule has 1 aliphatic carbocycles. The van der Waals surface area contributed by atoms with Crippen LogP contribution in [0.4, 0.5) is 5.69 Å². The van der Waals surface area contributed by atoms with Gasteiger partial charge in [0.2, 0.25) is 5.91 Å². The fourth-order valence-electron chi connectivity index (χ4n) is 2.03. The molecule has 0 radical (unpaired) electrons. The van der Waals surface area contributed by atoms with Crippen LogP contribution >= 0.6 is 0 Å². The van der Waals surface area contributed by atoms with Crippen molar-refractivity contribution in [2.75, 3.05) is 12.4 Å². The number of ether oxygens (including phenoxy) is 1. The van der Waals surface area contributed by atoms with Crippen molar-refractivity contribution in [1.29, 1.82) is 10.5 Å². The van der Waals surface area contributed by atoms with Gasteiger partial charge in [-0.3, -0.25) is 4.79 Å². The normalized spacial score (nSPS) is 15.5. The van der Waals surface area contributed by atoms with Crippen LogP contribution in [-0.2, 0) is 4.79 Å². The van der Waals surface area contributed by atoms with Crippen molar-refractivity contribution >= 4 is 11.6 Å². The zero-order chi connectivity index (χ0) is 13.9. The quantitative estimate of drug-likeness (QED) is 0.897. The summed E-state index contributed by atoms with van der Waals surface area (Å²) in [5, 5.41) is 20.6. The lowest BCUT2D eigenvalue weighted by molar-refractivity contribution is -0.126. The summed E-state index contributed by atoms with van der Waals surface area (Å²) < 4.78 is 5.14. The Labute approximate surface area is 111 Å². The van der Waals surface area contributed by atoms with Crippen LogP contribution in [0.2, 0.25) is 0 Å². The Hall–Kier alpha value is -2.53. The first-order valence-electron chi connectivity index (χ1n) is 5.96. The van der Waals surface area contributed by atoms with Gasteiger partial charge in [-0.25, -0.2) is 0 Å². The summed E-state index contributed by atoms with van der Waals surface area (Å²) in [7, 11) is 1.47. The molecule has 1 N–H and O–H groups in total. The highest BCUT2D eigenvalue weighted by Gasteiger charge is 2.44. The second-order valence-electron chi connectivity index (χ2n) is 4.53. The fourth-order valence-corrected chi connectivity index (χ4v) is 2.03. The van der Waals surface area contributed by atoms with E-state index < -0.39 is 5.41 Å². The second kappa shape index (κ2) is 4.99. The molecule has 1 fully saturated rings. The number of methoxy groups -OCH3 is 1. The highest BCUT2D eigenvalue weighted by atomic mass is 16.5. The van der Waals surface area contributed by atoms with Crippen molar-refractivity contribution in [3.05, 3.63) is 23.8 Å². The summed E-state index contributed by atoms with van der Waals surface area (Å²) >= 11 is 0. The first-order valence-corrected chi connectivity index (χ1v) is 5.96. The Kier molecular flexibility index (Phi) is 3.39. The van der Waals surface area contributed by atoms with Gasteiger partial charge in [-0.15, -0.1) is 0 Å². The number of amides is 1. The molecule has 1 amide bonds. The van der Waals surface area contributed by atoms with E-state index in [1.807, 2.05) is 6.07 Å². The van der Waals surface area contributed by atoms with Crippen LogP contribution in [0, 0.1) is 28.1 Å². The maximum atomic E-state index is 12.1. The minimum atomic E-state index is -0.904. The SMILES string of the molecule is COc1cc(C#N)ccc1NC(=O)C1(C#N)CCC1. The smallest absolute Gasteiger partial charge is 0.244 e. The molecule has 0 atom stereocenters. The highest BCUT2D eigenvalue weighted by molar-refractivity contribution is 5.99. The van der Waals surface area contributed by atoms with Crippen LogP contribution in [0.5, 0.6) is 5.75 Å². The average Bonchev–Trinajstić information content (AvgIpc) is 2.38. The Morgan fingerprint density at radius 1 is 1.42 bits per heavy atom. The molecule has 1 saturated carbocycles. The minimum absolute atomic E-state index is 0.302. The van der Waals surface area contributed by atoms with E-state index in [0.717, 1.165) is 6.42 Å². The number of benzene rings is 1. The fraction of sp³-hybridized carbons (Fsp3) is 0.357. The maximum Gasteiger partial charge on any atom is 0.244 e. The zero-order valence-electron chi connectivity index (χ0n) is 10.6. The Morgan fingerprint density at radius 3 is 2.63 bits per heavy atom. The Morgan fingerprint density at radius 2 is 2.16 bits per heavy atom. The number of nitriles is 2. The van der Waals surface area contributed by atoms with Crippen LogP contribution < -0.4 is 10.1 Å². The number of hydrogen-bond donors (Lipinski definition) is 1. The summed E-state index contributed by atoms with van der Waals surface area (Å²) in [6, 6.07) is 8.85. The summed E-state index contributed by atoms with van der Waals surface area (Å²) in [4.78, 5) is 12.1. The summed E-state index contributed by atoms with van der Waals surface area (Å²) in [6.07, 6.45) is 2.08. The summed E-state index contributed by atoms with van der Waals surface area (Å²) in [5.74, 6) is 0.115. The molecule has 19 heavy (non-hydrogen) atoms. The van der Waals surface area contributed by atoms with E-state index in [-0.39, 0.29) is 5.91 Å². The largest absolute Gasteiger partial charge is 0.495 e. The molecule has 0 aliphatic heterocycles. The third-order valence-electron chi connectivity index (χ3n) is 3.43. The van der Waals surface area contributed by atoms with Crippen LogP contribution in [0.3, 0.4) is 0 Å². The van der Waals surface area contributed by atoms with Gasteiger partial charge < -0.3 is 10.1 Å². The van der Waals surface area contributed by atoms with Crippen molar-refractivity contribution in [2.24, 2.45) is 5.41 Å². The van der Waals surface area contributed by atoms with Gasteiger partial charge in [-0.2, -0.15) is 10.5 Å². The molecule has 1 aromatic carbocycles. The average molecular weight is 255 g/mol. The maximum absolute atomic E-state index is 12.1. The topological polar surface area (TPSA) is 85.9 Å². The van der Waals surface area contributed by atoms with Crippen molar-refractivity contribution in [3.8, 4) is 17.9 Å². The van der Waals surface area contributed by atoms with Crippen molar-refractivity contribution in [3.63, 3.8) is 0 Å². The Balaban J connectivity index is 2.22. The second-order valence-corrected chi connectivity index (χ2v) is 4.53. The van der Waals surface area contributed by atoms with E-state index in [2.05, 4.69) is 11.4 Å². The number of nitrogens with zero attached hydrogens (tertiary/aromatic N) is 2. The van der Waals surface area contributed by atoms with Gasteiger partial charge in [0.15, 0.2) is 0 Å². The monoisotopic (exact) mass is 255 g/mol. The minimum Gasteiger partial charge on any atom is -0.495 e. The summed E-state index contributed by atoms with van der Waals surface area (Å²) in [6.45, 7) is 0. The molecule has 96 valence electrons. The molecule has 0 heterocycles. The third-order valence-corrected chi connectivity index (χ3v) is 3.43. The molecule has 0 bridgehead atoms. The van der Waals surface area contributed by atoms with Crippen molar-refractivity contribution < 1.29 is 9.53 Å². The van der Waals surface area contributed by atoms with Crippen LogP contribution in [0.25, 0.3) is 0 Å². The van der Waals surface area contributed by atoms with Gasteiger partial charge in [0.05, 0.1) is 30.5 Å². The molecule has 1 aromatic rings. The van der Waals surface area contributed by atoms with E-state index >= 15 is 0 Å². The van der Waals surface area contributed by atoms with Crippen molar-refractivity contribution in [1.82, 2.24) is 0 Å². The van der Waals surface area contributed by atoms with Gasteiger partial charge in [0.1, 0.15) is 11.2 Å². The highest BCUT2D eigenvalue weighted by Crippen LogP contribution is 2.41. The number of nitrogens with one attached hydrogen (secondary N) is 1. The van der Waals surface area contributed by atoms with E-state index in [9.17, 15) is 4.79 Å². The summed E-state index contributed by atoms with van der Waals surface area (Å²) in [5.41, 5.74) is 0.0281. The molecule has 0 aromatic heterocycles. The molecule has 0 unspecified atom stereocenters. The Bertz CT molecular complexity index is 592. The number of carbonyl (C=O) groups excluding carboxylic acids is 1. The van der Waals surface area contributed by atoms with E-state index in [1.165, 1.54) is 7.11 Å². The van der Waals surface area contributed by atoms with Crippen LogP contribution in [0.15, 0.2) is 18.2 Å². The lowest BCUT2D eigenvalue weighted by Gasteiger charge is -2.33. The number of carbonyl (C=O) groups is 1. The predicted molar refractivity (Wildman–Crippen MR) is 68.2 cm³/mol. The molecular weight excluding hydrogens is 242 g/mol. The first-order chi connectivity index (χ1) is 9.15. The predicted octanol–water partition coefficient (Wildman–Crippen LogP) is 2.20. The van der Waals surface area contributed by atoms with E-state index in [1.54, 1.807) is 18.2 Å². The van der Waals surface area contributed by atoms with Gasteiger partial charge in [-0.1, -0.05) is 0 Å². The van der Waals surface area contributed by atoms with E-state index in [4.69, 9.17) is 15.3 Å². The van der Waals surface area contributed by atoms with Crippen LogP contribution in [0.1, 0.15) is 24.8 Å². The van der Waals surface area contributed by atoms with Gasteiger partial charge in [0, 0.05) is 6.07 Å². The third kappa shape index (κ3) is 2.23. The van der Waals surface area contributed by atoms with Crippen molar-refractivity contribution in [2.45, 2.75) is 19.3 Å². The number of rotatable bonds is 3. The van der Waals surface area contributed by atoms with Crippen LogP contribution in [-0.4, -0.2) is 13.0 Å². The standard InChI is InChI=1S/C14H13N3O2/c1-19-12-7-10(8-15)3-4-11(12)17-13(18)14(9-16)5-2-6-14/h3-4,7H,2,5-6H2,1H3,(H,17,18). The first kappa shape index (κ1) is 12.9. The number of hydrogen-bond acceptors (Lipinski definition) is 4. The molecule has 0 saturated heterocycles. The lowest BCUT2D eigenvalue weighted by atomic mass is 9.69. The molecule has 0 spiro atoms. The van der Waals surface area contributed by atoms with Gasteiger partial charge in [0.25, 0.3) is 0 Å². The van der Waals surface area contributed by atoms with Gasteiger partial charge >= 0.3 is 0 Å². The molecule has 2 rings (SSSR count). The lowest BCUT2D eigenvalue weighted by Crippen LogP contribution is -2.40. The zero-order valence-corrected chi connectivity index (χ0v) is 10.6. The molecule has 1 aliphatic rings. The van der Waals surface area contributed by atoms with E-state index in [0.29, 0.717) is 29.8 Å². The molecular formula is C14H13N3O2.